The molecule has 29 heavy (non-hydrogen) atoms. The fraction of sp³-hybridized carbons (Fsp3) is 0.429. The quantitative estimate of drug-likeness (QED) is 0.492. The largest absolute Gasteiger partial charge is 0.508 e. The molecule has 0 bridgehead atoms. The molecule has 8 heteroatoms. The predicted molar refractivity (Wildman–Crippen MR) is 101 cm³/mol. The van der Waals surface area contributed by atoms with Gasteiger partial charge in [-0.05, 0) is 35.7 Å². The van der Waals surface area contributed by atoms with Crippen LogP contribution in [0.2, 0.25) is 0 Å². The molecule has 0 aliphatic carbocycles. The van der Waals surface area contributed by atoms with E-state index in [1.165, 1.54) is 0 Å². The maximum absolute atomic E-state index is 10.1. The third kappa shape index (κ3) is 4.03. The fourth-order valence-electron chi connectivity index (χ4n) is 3.69. The van der Waals surface area contributed by atoms with Crippen LogP contribution in [0.1, 0.15) is 17.0 Å². The second kappa shape index (κ2) is 8.17. The molecule has 0 radical (unpaired) electrons. The summed E-state index contributed by atoms with van der Waals surface area (Å²) in [5.41, 5.74) is 2.07. The van der Waals surface area contributed by atoms with Gasteiger partial charge < -0.3 is 39.7 Å². The third-order valence-corrected chi connectivity index (χ3v) is 5.41. The molecular formula is C21H24O8. The number of fused-ring (bicyclic) bond motifs is 1. The highest BCUT2D eigenvalue weighted by atomic mass is 16.7. The van der Waals surface area contributed by atoms with Gasteiger partial charge in [-0.25, -0.2) is 0 Å². The van der Waals surface area contributed by atoms with Gasteiger partial charge in [0, 0.05) is 12.0 Å². The molecule has 0 saturated carbocycles. The topological polar surface area (TPSA) is 129 Å². The van der Waals surface area contributed by atoms with Crippen molar-refractivity contribution in [2.24, 2.45) is 0 Å². The number of aliphatic hydroxyl groups excluding tert-OH is 4. The number of phenolic OH excluding ortho intramolecular Hbond substituents is 1. The fourth-order valence-corrected chi connectivity index (χ4v) is 3.69. The number of aromatic hydroxyl groups is 1. The molecule has 2 aliphatic heterocycles. The van der Waals surface area contributed by atoms with Crippen molar-refractivity contribution in [1.82, 2.24) is 0 Å². The van der Waals surface area contributed by atoms with Crippen molar-refractivity contribution in [3.63, 3.8) is 0 Å². The van der Waals surface area contributed by atoms with Gasteiger partial charge in [-0.1, -0.05) is 18.2 Å². The van der Waals surface area contributed by atoms with E-state index in [1.54, 1.807) is 24.3 Å². The number of hydrogen-bond acceptors (Lipinski definition) is 8. The Morgan fingerprint density at radius 2 is 1.72 bits per heavy atom. The number of benzene rings is 2. The maximum atomic E-state index is 10.1. The summed E-state index contributed by atoms with van der Waals surface area (Å²) < 4.78 is 16.7. The Balaban J connectivity index is 1.42. The van der Waals surface area contributed by atoms with E-state index in [1.807, 2.05) is 18.2 Å². The van der Waals surface area contributed by atoms with E-state index in [0.29, 0.717) is 18.1 Å². The zero-order valence-electron chi connectivity index (χ0n) is 15.6. The van der Waals surface area contributed by atoms with E-state index in [0.717, 1.165) is 17.5 Å². The number of phenols is 1. The van der Waals surface area contributed by atoms with E-state index >= 15 is 0 Å². The molecule has 3 unspecified atom stereocenters. The molecule has 4 rings (SSSR count). The van der Waals surface area contributed by atoms with Crippen molar-refractivity contribution in [2.75, 3.05) is 13.2 Å². The molecule has 1 saturated heterocycles. The SMILES string of the molecule is OCC1O[C@H](Oc2ccc([C@H]3COc4cc(O)ccc4C3)cc2)C(O)C(O)[C@@H]1O. The lowest BCUT2D eigenvalue weighted by Crippen LogP contribution is -2.60. The zero-order valence-corrected chi connectivity index (χ0v) is 15.6. The summed E-state index contributed by atoms with van der Waals surface area (Å²) in [6.07, 6.45) is -5.81. The molecule has 156 valence electrons. The number of rotatable bonds is 4. The number of ether oxygens (including phenoxy) is 3. The van der Waals surface area contributed by atoms with Crippen LogP contribution in [0.4, 0.5) is 0 Å². The molecule has 2 aromatic carbocycles. The van der Waals surface area contributed by atoms with Crippen LogP contribution < -0.4 is 9.47 Å². The van der Waals surface area contributed by atoms with Crippen LogP contribution >= 0.6 is 0 Å². The Morgan fingerprint density at radius 1 is 0.966 bits per heavy atom. The predicted octanol–water partition coefficient (Wildman–Crippen LogP) is 0.290. The average Bonchev–Trinajstić information content (AvgIpc) is 2.74. The Morgan fingerprint density at radius 3 is 2.45 bits per heavy atom. The molecule has 0 amide bonds. The number of aliphatic hydroxyl groups is 4. The van der Waals surface area contributed by atoms with Gasteiger partial charge >= 0.3 is 0 Å². The molecule has 8 nitrogen and oxygen atoms in total. The molecule has 0 aromatic heterocycles. The lowest BCUT2D eigenvalue weighted by Gasteiger charge is -2.39. The van der Waals surface area contributed by atoms with Crippen molar-refractivity contribution < 1.29 is 39.7 Å². The van der Waals surface area contributed by atoms with Crippen molar-refractivity contribution in [1.29, 1.82) is 0 Å². The van der Waals surface area contributed by atoms with Crippen LogP contribution in [0.5, 0.6) is 17.2 Å². The van der Waals surface area contributed by atoms with E-state index in [9.17, 15) is 25.5 Å². The Kier molecular flexibility index (Phi) is 5.62. The summed E-state index contributed by atoms with van der Waals surface area (Å²) in [7, 11) is 0. The summed E-state index contributed by atoms with van der Waals surface area (Å²) in [6, 6.07) is 12.3. The maximum Gasteiger partial charge on any atom is 0.229 e. The van der Waals surface area contributed by atoms with E-state index in [2.05, 4.69) is 0 Å². The highest BCUT2D eigenvalue weighted by Crippen LogP contribution is 2.35. The van der Waals surface area contributed by atoms with Crippen LogP contribution in [-0.2, 0) is 11.2 Å². The summed E-state index contributed by atoms with van der Waals surface area (Å²) in [6.45, 7) is -0.0198. The second-order valence-corrected chi connectivity index (χ2v) is 7.39. The number of hydrogen-bond donors (Lipinski definition) is 5. The third-order valence-electron chi connectivity index (χ3n) is 5.41. The minimum Gasteiger partial charge on any atom is -0.508 e. The second-order valence-electron chi connectivity index (χ2n) is 7.39. The van der Waals surface area contributed by atoms with Gasteiger partial charge in [0.15, 0.2) is 0 Å². The Hall–Kier alpha value is -2.36. The molecule has 1 fully saturated rings. The molecule has 6 atom stereocenters. The molecule has 5 N–H and O–H groups in total. The first-order valence-corrected chi connectivity index (χ1v) is 9.48. The van der Waals surface area contributed by atoms with Gasteiger partial charge in [0.1, 0.15) is 41.7 Å². The zero-order chi connectivity index (χ0) is 20.5. The van der Waals surface area contributed by atoms with Crippen LogP contribution in [-0.4, -0.2) is 69.5 Å². The van der Waals surface area contributed by atoms with E-state index in [-0.39, 0.29) is 11.7 Å². The Bertz CT molecular complexity index is 837. The average molecular weight is 404 g/mol. The van der Waals surface area contributed by atoms with Crippen LogP contribution in [0.25, 0.3) is 0 Å². The first kappa shape index (κ1) is 19.9. The minimum atomic E-state index is -1.48. The first-order valence-electron chi connectivity index (χ1n) is 9.48. The summed E-state index contributed by atoms with van der Waals surface area (Å²) in [5, 5.41) is 48.6. The van der Waals surface area contributed by atoms with Crippen molar-refractivity contribution in [2.45, 2.75) is 43.0 Å². The molecule has 2 aromatic rings. The smallest absolute Gasteiger partial charge is 0.229 e. The minimum absolute atomic E-state index is 0.147. The lowest BCUT2D eigenvalue weighted by molar-refractivity contribution is -0.277. The highest BCUT2D eigenvalue weighted by molar-refractivity contribution is 5.43. The van der Waals surface area contributed by atoms with Gasteiger partial charge in [-0.3, -0.25) is 0 Å². The standard InChI is InChI=1S/C21H24O8/c22-9-17-18(24)19(25)20(26)21(29-17)28-15-5-2-11(3-6-15)13-7-12-1-4-14(23)8-16(12)27-10-13/h1-6,8,13,17-26H,7,9-10H2/t13-,17?,18-,19?,20?,21+/m1/s1. The van der Waals surface area contributed by atoms with Crippen molar-refractivity contribution >= 4 is 0 Å². The van der Waals surface area contributed by atoms with E-state index < -0.39 is 37.3 Å². The summed E-state index contributed by atoms with van der Waals surface area (Å²) >= 11 is 0. The van der Waals surface area contributed by atoms with Crippen LogP contribution in [0.15, 0.2) is 42.5 Å². The molecule has 2 aliphatic rings. The van der Waals surface area contributed by atoms with Gasteiger partial charge in [-0.15, -0.1) is 0 Å². The Labute approximate surface area is 167 Å². The lowest BCUT2D eigenvalue weighted by atomic mass is 9.90. The summed E-state index contributed by atoms with van der Waals surface area (Å²) in [4.78, 5) is 0. The van der Waals surface area contributed by atoms with Gasteiger partial charge in [0.2, 0.25) is 6.29 Å². The van der Waals surface area contributed by atoms with Crippen molar-refractivity contribution in [3.05, 3.63) is 53.6 Å². The first-order chi connectivity index (χ1) is 14.0. The van der Waals surface area contributed by atoms with E-state index in [4.69, 9.17) is 14.2 Å². The molecule has 0 spiro atoms. The monoisotopic (exact) mass is 404 g/mol. The van der Waals surface area contributed by atoms with Crippen LogP contribution in [0, 0.1) is 0 Å². The van der Waals surface area contributed by atoms with Gasteiger partial charge in [0.05, 0.1) is 13.2 Å². The highest BCUT2D eigenvalue weighted by Gasteiger charge is 2.44. The summed E-state index contributed by atoms with van der Waals surface area (Å²) in [5.74, 6) is 1.44. The normalized spacial score (nSPS) is 31.6. The molecular weight excluding hydrogens is 380 g/mol. The molecule has 2 heterocycles. The van der Waals surface area contributed by atoms with Crippen LogP contribution in [0.3, 0.4) is 0 Å². The van der Waals surface area contributed by atoms with Gasteiger partial charge in [-0.2, -0.15) is 0 Å². The van der Waals surface area contributed by atoms with Gasteiger partial charge in [0.25, 0.3) is 0 Å². The van der Waals surface area contributed by atoms with Crippen molar-refractivity contribution in [3.8, 4) is 17.2 Å².